The van der Waals surface area contributed by atoms with E-state index in [0.717, 1.165) is 45.2 Å². The molecule has 0 amide bonds. The van der Waals surface area contributed by atoms with Crippen LogP contribution in [0.3, 0.4) is 0 Å². The number of para-hydroxylation sites is 2. The van der Waals surface area contributed by atoms with Crippen molar-refractivity contribution in [2.45, 2.75) is 117 Å². The molecular formula is C42H50N2O. The first-order valence-electron chi connectivity index (χ1n) is 17.3. The van der Waals surface area contributed by atoms with Crippen LogP contribution in [0.4, 0.5) is 11.4 Å². The molecule has 0 unspecified atom stereocenters. The molecule has 0 spiro atoms. The molecule has 0 atom stereocenters. The van der Waals surface area contributed by atoms with Gasteiger partial charge in [-0.15, -0.1) is 0 Å². The lowest BCUT2D eigenvalue weighted by Gasteiger charge is -2.27. The summed E-state index contributed by atoms with van der Waals surface area (Å²) in [6.07, 6.45) is 8.29. The van der Waals surface area contributed by atoms with Gasteiger partial charge in [-0.3, -0.25) is 0 Å². The first-order chi connectivity index (χ1) is 21.7. The zero-order valence-electron chi connectivity index (χ0n) is 28.6. The van der Waals surface area contributed by atoms with E-state index >= 15 is 0 Å². The van der Waals surface area contributed by atoms with Gasteiger partial charge in [-0.1, -0.05) is 135 Å². The second kappa shape index (κ2) is 12.9. The zero-order chi connectivity index (χ0) is 31.8. The smallest absolute Gasteiger partial charge is 0.144 e. The van der Waals surface area contributed by atoms with E-state index in [1.54, 1.807) is 0 Å². The van der Waals surface area contributed by atoms with E-state index in [9.17, 15) is 0 Å². The van der Waals surface area contributed by atoms with E-state index in [1.165, 1.54) is 59.9 Å². The van der Waals surface area contributed by atoms with Gasteiger partial charge in [0, 0.05) is 16.7 Å². The third-order valence-electron chi connectivity index (χ3n) is 9.88. The molecule has 0 bridgehead atoms. The van der Waals surface area contributed by atoms with Crippen molar-refractivity contribution in [1.29, 1.82) is 0 Å². The maximum absolute atomic E-state index is 6.58. The summed E-state index contributed by atoms with van der Waals surface area (Å²) in [5.74, 6) is 2.79. The van der Waals surface area contributed by atoms with Crippen molar-refractivity contribution in [3.8, 4) is 11.3 Å². The molecule has 2 aliphatic rings. The minimum absolute atomic E-state index is 0.343. The van der Waals surface area contributed by atoms with Crippen LogP contribution < -0.4 is 0 Å². The van der Waals surface area contributed by atoms with Crippen LogP contribution in [0, 0.1) is 0 Å². The fourth-order valence-electron chi connectivity index (χ4n) is 7.39. The molecule has 2 aliphatic carbocycles. The highest BCUT2D eigenvalue weighted by Gasteiger charge is 2.36. The number of rotatable bonds is 7. The van der Waals surface area contributed by atoms with Crippen molar-refractivity contribution < 1.29 is 4.42 Å². The summed E-state index contributed by atoms with van der Waals surface area (Å²) in [4.78, 5) is 11.5. The molecular weight excluding hydrogens is 548 g/mol. The predicted molar refractivity (Wildman–Crippen MR) is 192 cm³/mol. The van der Waals surface area contributed by atoms with E-state index in [-0.39, 0.29) is 0 Å². The van der Waals surface area contributed by atoms with Gasteiger partial charge >= 0.3 is 0 Å². The second-order valence-electron chi connectivity index (χ2n) is 14.4. The van der Waals surface area contributed by atoms with E-state index in [2.05, 4.69) is 122 Å². The van der Waals surface area contributed by atoms with Gasteiger partial charge in [-0.2, -0.15) is 0 Å². The second-order valence-corrected chi connectivity index (χ2v) is 14.4. The highest BCUT2D eigenvalue weighted by Crippen LogP contribution is 2.46. The quantitative estimate of drug-likeness (QED) is 0.208. The lowest BCUT2D eigenvalue weighted by molar-refractivity contribution is 0.439. The van der Waals surface area contributed by atoms with Crippen molar-refractivity contribution in [2.75, 3.05) is 0 Å². The van der Waals surface area contributed by atoms with Crippen LogP contribution in [0.25, 0.3) is 11.3 Å². The first-order valence-corrected chi connectivity index (χ1v) is 17.3. The molecule has 0 aliphatic heterocycles. The Labute approximate surface area is 270 Å². The van der Waals surface area contributed by atoms with E-state index < -0.39 is 0 Å². The predicted octanol–water partition coefficient (Wildman–Crippen LogP) is 12.7. The number of hydrogen-bond donors (Lipinski definition) is 0. The molecule has 6 rings (SSSR count). The number of fused-ring (bicyclic) bond motifs is 3. The van der Waals surface area contributed by atoms with Crippen molar-refractivity contribution >= 4 is 22.8 Å². The van der Waals surface area contributed by atoms with E-state index in [0.29, 0.717) is 29.6 Å². The van der Waals surface area contributed by atoms with Gasteiger partial charge < -0.3 is 4.42 Å². The number of furan rings is 1. The first kappa shape index (κ1) is 31.3. The largest absolute Gasteiger partial charge is 0.463 e. The molecule has 45 heavy (non-hydrogen) atoms. The van der Waals surface area contributed by atoms with Crippen molar-refractivity contribution in [3.63, 3.8) is 0 Å². The van der Waals surface area contributed by atoms with Crippen LogP contribution in [0.1, 0.15) is 156 Å². The molecule has 0 saturated heterocycles. The van der Waals surface area contributed by atoms with Gasteiger partial charge in [-0.05, 0) is 64.7 Å². The fraction of sp³-hybridized carbons (Fsp3) is 0.429. The van der Waals surface area contributed by atoms with Crippen LogP contribution >= 0.6 is 0 Å². The Morgan fingerprint density at radius 2 is 1.02 bits per heavy atom. The summed E-state index contributed by atoms with van der Waals surface area (Å²) in [5.41, 5.74) is 13.9. The number of benzene rings is 3. The summed E-state index contributed by atoms with van der Waals surface area (Å²) >= 11 is 0. The van der Waals surface area contributed by atoms with Gasteiger partial charge in [0.2, 0.25) is 0 Å². The highest BCUT2D eigenvalue weighted by molar-refractivity contribution is 6.57. The van der Waals surface area contributed by atoms with Crippen LogP contribution in [-0.2, 0) is 0 Å². The van der Waals surface area contributed by atoms with Gasteiger partial charge in [0.15, 0.2) is 0 Å². The summed E-state index contributed by atoms with van der Waals surface area (Å²) in [6.45, 7) is 18.2. The van der Waals surface area contributed by atoms with Crippen LogP contribution in [0.5, 0.6) is 0 Å². The van der Waals surface area contributed by atoms with Gasteiger partial charge in [-0.25, -0.2) is 9.98 Å². The molecule has 0 radical (unpaired) electrons. The summed E-state index contributed by atoms with van der Waals surface area (Å²) in [6, 6.07) is 22.1. The van der Waals surface area contributed by atoms with Gasteiger partial charge in [0.05, 0.1) is 28.9 Å². The number of hydrogen-bond acceptors (Lipinski definition) is 3. The van der Waals surface area contributed by atoms with Gasteiger partial charge in [0.25, 0.3) is 0 Å². The molecule has 1 fully saturated rings. The molecule has 4 aromatic rings. The number of nitrogens with zero attached hydrogens (tertiary/aromatic N) is 2. The average Bonchev–Trinajstić information content (AvgIpc) is 3.48. The minimum atomic E-state index is 0.343. The Hall–Kier alpha value is -3.72. The lowest BCUT2D eigenvalue weighted by Crippen LogP contribution is -2.25. The molecule has 1 saturated carbocycles. The topological polar surface area (TPSA) is 37.9 Å². The van der Waals surface area contributed by atoms with Crippen molar-refractivity contribution in [3.05, 3.63) is 106 Å². The minimum Gasteiger partial charge on any atom is -0.463 e. The zero-order valence-corrected chi connectivity index (χ0v) is 28.6. The summed E-state index contributed by atoms with van der Waals surface area (Å²) in [5, 5.41) is 0. The Kier molecular flexibility index (Phi) is 9.00. The molecule has 3 heteroatoms. The maximum atomic E-state index is 6.58. The third kappa shape index (κ3) is 5.87. The molecule has 1 aromatic heterocycles. The molecule has 1 heterocycles. The van der Waals surface area contributed by atoms with Crippen LogP contribution in [0.2, 0.25) is 0 Å². The SMILES string of the molecule is CC(C)c1cccc(C(C)C)c1/N=C1/C(=N/c2c(C(C)C)cccc2C(C)C)c2c(C3CCCCC3)coc2-c2ccccc21. The molecule has 3 aromatic carbocycles. The van der Waals surface area contributed by atoms with Crippen LogP contribution in [0.15, 0.2) is 81.3 Å². The molecule has 0 N–H and O–H groups in total. The Morgan fingerprint density at radius 3 is 1.51 bits per heavy atom. The molecule has 3 nitrogen and oxygen atoms in total. The Bertz CT molecular complexity index is 1690. The highest BCUT2D eigenvalue weighted by atomic mass is 16.3. The number of aliphatic imine (C=N–C) groups is 2. The van der Waals surface area contributed by atoms with E-state index in [4.69, 9.17) is 14.4 Å². The van der Waals surface area contributed by atoms with Crippen LogP contribution in [-0.4, -0.2) is 11.4 Å². The van der Waals surface area contributed by atoms with Gasteiger partial charge in [0.1, 0.15) is 11.5 Å². The Morgan fingerprint density at radius 1 is 0.556 bits per heavy atom. The van der Waals surface area contributed by atoms with Crippen molar-refractivity contribution in [2.24, 2.45) is 9.98 Å². The van der Waals surface area contributed by atoms with Crippen molar-refractivity contribution in [1.82, 2.24) is 0 Å². The average molecular weight is 599 g/mol. The fourth-order valence-corrected chi connectivity index (χ4v) is 7.39. The monoisotopic (exact) mass is 598 g/mol. The third-order valence-corrected chi connectivity index (χ3v) is 9.88. The summed E-state index contributed by atoms with van der Waals surface area (Å²) in [7, 11) is 0. The summed E-state index contributed by atoms with van der Waals surface area (Å²) < 4.78 is 6.58. The maximum Gasteiger partial charge on any atom is 0.144 e. The standard InChI is InChI=1S/C42H50N2O/c1-25(2)30-20-14-21-31(26(3)4)38(30)43-40-34-18-12-13-19-35(34)42-37(36(24-45-42)29-16-10-9-11-17-29)41(40)44-39-32(27(5)6)22-15-23-33(39)28(7)8/h12-15,18-29H,9-11,16-17H2,1-8H3/b43-40+,44-41+. The Balaban J connectivity index is 1.74. The normalized spacial score (nSPS) is 17.2. The van der Waals surface area contributed by atoms with E-state index in [1.807, 2.05) is 0 Å². The molecule has 234 valence electrons. The lowest BCUT2D eigenvalue weighted by atomic mass is 9.78.